The number of methoxy groups -OCH3 is 1. The van der Waals surface area contributed by atoms with E-state index in [-0.39, 0.29) is 18.1 Å². The van der Waals surface area contributed by atoms with Gasteiger partial charge in [0.2, 0.25) is 0 Å². The van der Waals surface area contributed by atoms with Crippen LogP contribution in [0.5, 0.6) is 11.5 Å². The van der Waals surface area contributed by atoms with Gasteiger partial charge in [0.15, 0.2) is 11.5 Å². The molecule has 0 bridgehead atoms. The molecule has 170 valence electrons. The van der Waals surface area contributed by atoms with Crippen molar-refractivity contribution < 1.29 is 14.4 Å². The number of hydrogen-bond acceptors (Lipinski definition) is 6. The van der Waals surface area contributed by atoms with E-state index in [0.717, 1.165) is 16.8 Å². The quantitative estimate of drug-likeness (QED) is 0.216. The predicted molar refractivity (Wildman–Crippen MR) is 129 cm³/mol. The Morgan fingerprint density at radius 2 is 1.75 bits per heavy atom. The van der Waals surface area contributed by atoms with E-state index in [1.54, 1.807) is 25.3 Å². The number of nitro benzene ring substituents is 1. The van der Waals surface area contributed by atoms with Gasteiger partial charge in [-0.3, -0.25) is 10.1 Å². The minimum absolute atomic E-state index is 0. The molecule has 2 N–H and O–H groups in total. The van der Waals surface area contributed by atoms with E-state index < -0.39 is 4.92 Å². The van der Waals surface area contributed by atoms with Gasteiger partial charge in [-0.15, -0.1) is 12.4 Å². The van der Waals surface area contributed by atoms with Crippen molar-refractivity contribution in [2.75, 3.05) is 25.5 Å². The van der Waals surface area contributed by atoms with Crippen LogP contribution >= 0.6 is 24.0 Å². The van der Waals surface area contributed by atoms with E-state index in [9.17, 15) is 10.1 Å². The van der Waals surface area contributed by atoms with Gasteiger partial charge in [0, 0.05) is 54.1 Å². The van der Waals surface area contributed by atoms with Crippen LogP contribution in [0.2, 0.25) is 5.02 Å². The first kappa shape index (κ1) is 25.3. The van der Waals surface area contributed by atoms with E-state index in [1.807, 2.05) is 36.4 Å². The standard InChI is InChI=1S/C23H24ClN3O4.ClH/c1-30-22-14-19(24)13-18(23(22)31-16-17-5-3-2-4-6-17)15-25-11-12-26-20-7-9-21(10-8-20)27(28)29;/h2-10,13-14,25-26H,11-12,15-16H2,1H3;1H. The van der Waals surface area contributed by atoms with E-state index in [2.05, 4.69) is 10.6 Å². The van der Waals surface area contributed by atoms with Gasteiger partial charge in [-0.2, -0.15) is 0 Å². The molecule has 3 aromatic rings. The van der Waals surface area contributed by atoms with Crippen molar-refractivity contribution in [2.45, 2.75) is 13.2 Å². The van der Waals surface area contributed by atoms with Gasteiger partial charge in [0.25, 0.3) is 5.69 Å². The average Bonchev–Trinajstić information content (AvgIpc) is 2.78. The molecule has 0 aliphatic heterocycles. The number of ether oxygens (including phenoxy) is 2. The number of nitro groups is 1. The molecule has 0 heterocycles. The van der Waals surface area contributed by atoms with Gasteiger partial charge in [0.05, 0.1) is 12.0 Å². The van der Waals surface area contributed by atoms with Crippen molar-refractivity contribution in [2.24, 2.45) is 0 Å². The van der Waals surface area contributed by atoms with Crippen molar-refractivity contribution in [3.8, 4) is 11.5 Å². The molecule has 7 nitrogen and oxygen atoms in total. The molecule has 0 atom stereocenters. The van der Waals surface area contributed by atoms with Crippen LogP contribution in [0.1, 0.15) is 11.1 Å². The molecule has 32 heavy (non-hydrogen) atoms. The molecular formula is C23H25Cl2N3O4. The van der Waals surface area contributed by atoms with Crippen LogP contribution < -0.4 is 20.1 Å². The summed E-state index contributed by atoms with van der Waals surface area (Å²) < 4.78 is 11.5. The molecule has 0 aliphatic carbocycles. The summed E-state index contributed by atoms with van der Waals surface area (Å²) in [5.41, 5.74) is 2.85. The predicted octanol–water partition coefficient (Wildman–Crippen LogP) is 5.46. The monoisotopic (exact) mass is 477 g/mol. The SMILES string of the molecule is COc1cc(Cl)cc(CNCCNc2ccc([N+](=O)[O-])cc2)c1OCc1ccccc1.Cl. The van der Waals surface area contributed by atoms with Crippen molar-refractivity contribution in [1.29, 1.82) is 0 Å². The zero-order valence-electron chi connectivity index (χ0n) is 17.5. The highest BCUT2D eigenvalue weighted by atomic mass is 35.5. The van der Waals surface area contributed by atoms with Crippen LogP contribution in [-0.2, 0) is 13.2 Å². The van der Waals surface area contributed by atoms with Crippen molar-refractivity contribution >= 4 is 35.4 Å². The molecule has 0 fully saturated rings. The lowest BCUT2D eigenvalue weighted by Crippen LogP contribution is -2.22. The number of nitrogens with one attached hydrogen (secondary N) is 2. The normalized spacial score (nSPS) is 10.2. The zero-order valence-corrected chi connectivity index (χ0v) is 19.1. The number of rotatable bonds is 11. The Hall–Kier alpha value is -3.00. The number of anilines is 1. The van der Waals surface area contributed by atoms with E-state index in [4.69, 9.17) is 21.1 Å². The highest BCUT2D eigenvalue weighted by molar-refractivity contribution is 6.30. The van der Waals surface area contributed by atoms with Crippen LogP contribution in [0.15, 0.2) is 66.7 Å². The van der Waals surface area contributed by atoms with Gasteiger partial charge < -0.3 is 20.1 Å². The van der Waals surface area contributed by atoms with Crippen LogP contribution in [0.4, 0.5) is 11.4 Å². The fourth-order valence-electron chi connectivity index (χ4n) is 3.02. The Morgan fingerprint density at radius 1 is 1.03 bits per heavy atom. The molecule has 0 aliphatic rings. The van der Waals surface area contributed by atoms with E-state index >= 15 is 0 Å². The summed E-state index contributed by atoms with van der Waals surface area (Å²) in [7, 11) is 1.59. The number of non-ortho nitro benzene ring substituents is 1. The summed E-state index contributed by atoms with van der Waals surface area (Å²) in [4.78, 5) is 10.3. The first-order valence-corrected chi connectivity index (χ1v) is 10.2. The summed E-state index contributed by atoms with van der Waals surface area (Å²) in [6, 6.07) is 19.8. The second kappa shape index (κ2) is 12.8. The number of hydrogen-bond donors (Lipinski definition) is 2. The lowest BCUT2D eigenvalue weighted by molar-refractivity contribution is -0.384. The lowest BCUT2D eigenvalue weighted by atomic mass is 10.1. The topological polar surface area (TPSA) is 85.7 Å². The molecule has 0 saturated carbocycles. The summed E-state index contributed by atoms with van der Waals surface area (Å²) in [5.74, 6) is 1.25. The molecule has 9 heteroatoms. The molecule has 0 radical (unpaired) electrons. The molecule has 0 unspecified atom stereocenters. The fourth-order valence-corrected chi connectivity index (χ4v) is 3.25. The van der Waals surface area contributed by atoms with Crippen LogP contribution in [0.3, 0.4) is 0 Å². The number of nitrogens with zero attached hydrogens (tertiary/aromatic N) is 1. The van der Waals surface area contributed by atoms with Crippen molar-refractivity contribution in [3.63, 3.8) is 0 Å². The Kier molecular flexibility index (Phi) is 10.1. The third-order valence-electron chi connectivity index (χ3n) is 4.57. The molecule has 0 saturated heterocycles. The Morgan fingerprint density at radius 3 is 2.41 bits per heavy atom. The fraction of sp³-hybridized carbons (Fsp3) is 0.217. The van der Waals surface area contributed by atoms with Crippen LogP contribution in [0.25, 0.3) is 0 Å². The second-order valence-electron chi connectivity index (χ2n) is 6.78. The lowest BCUT2D eigenvalue weighted by Gasteiger charge is -2.16. The first-order valence-electron chi connectivity index (χ1n) is 9.79. The third kappa shape index (κ3) is 7.30. The molecular weight excluding hydrogens is 453 g/mol. The summed E-state index contributed by atoms with van der Waals surface area (Å²) in [6.07, 6.45) is 0. The van der Waals surface area contributed by atoms with Gasteiger partial charge in [-0.05, 0) is 23.8 Å². The van der Waals surface area contributed by atoms with Crippen LogP contribution in [0, 0.1) is 10.1 Å². The van der Waals surface area contributed by atoms with E-state index in [0.29, 0.717) is 42.8 Å². The molecule has 0 spiro atoms. The minimum Gasteiger partial charge on any atom is -0.493 e. The second-order valence-corrected chi connectivity index (χ2v) is 7.21. The highest BCUT2D eigenvalue weighted by Crippen LogP contribution is 2.35. The minimum atomic E-state index is -0.415. The Labute approximate surface area is 198 Å². The van der Waals surface area contributed by atoms with Gasteiger partial charge >= 0.3 is 0 Å². The Bertz CT molecular complexity index is 1000. The largest absolute Gasteiger partial charge is 0.493 e. The zero-order chi connectivity index (χ0) is 22.1. The van der Waals surface area contributed by atoms with E-state index in [1.165, 1.54) is 12.1 Å². The maximum atomic E-state index is 10.7. The molecule has 0 amide bonds. The average molecular weight is 478 g/mol. The van der Waals surface area contributed by atoms with Gasteiger partial charge in [-0.1, -0.05) is 41.9 Å². The molecule has 0 aromatic heterocycles. The van der Waals surface area contributed by atoms with Crippen molar-refractivity contribution in [3.05, 3.63) is 93.0 Å². The van der Waals surface area contributed by atoms with Gasteiger partial charge in [0.1, 0.15) is 6.61 Å². The molecule has 3 aromatic carbocycles. The highest BCUT2D eigenvalue weighted by Gasteiger charge is 2.13. The maximum absolute atomic E-state index is 10.7. The van der Waals surface area contributed by atoms with Crippen LogP contribution in [-0.4, -0.2) is 25.1 Å². The van der Waals surface area contributed by atoms with Gasteiger partial charge in [-0.25, -0.2) is 0 Å². The summed E-state index contributed by atoms with van der Waals surface area (Å²) in [6.45, 7) is 2.29. The smallest absolute Gasteiger partial charge is 0.269 e. The Balaban J connectivity index is 0.00000363. The summed E-state index contributed by atoms with van der Waals surface area (Å²) in [5, 5.41) is 17.9. The maximum Gasteiger partial charge on any atom is 0.269 e. The first-order chi connectivity index (χ1) is 15.1. The number of halogens is 2. The number of benzene rings is 3. The molecule has 3 rings (SSSR count). The summed E-state index contributed by atoms with van der Waals surface area (Å²) >= 11 is 6.25. The van der Waals surface area contributed by atoms with Crippen molar-refractivity contribution in [1.82, 2.24) is 5.32 Å². The third-order valence-corrected chi connectivity index (χ3v) is 4.79.